The number of hydrogen-bond acceptors (Lipinski definition) is 4. The minimum Gasteiger partial charge on any atom is -0.450 e. The highest BCUT2D eigenvalue weighted by Gasteiger charge is 2.70. The minimum atomic E-state index is -0.503. The number of thioether (sulfide) groups is 1. The number of fused-ring (bicyclic) bond motifs is 4. The number of carbonyl (C=O) groups is 1. The molecule has 0 saturated carbocycles. The molecule has 0 aromatic heterocycles. The maximum atomic E-state index is 13.2. The van der Waals surface area contributed by atoms with E-state index in [4.69, 9.17) is 4.74 Å². The Morgan fingerprint density at radius 2 is 2.17 bits per heavy atom. The molecule has 4 heterocycles. The predicted octanol–water partition coefficient (Wildman–Crippen LogP) is 2.94. The van der Waals surface area contributed by atoms with Crippen molar-refractivity contribution in [2.45, 2.75) is 37.3 Å². The lowest BCUT2D eigenvalue weighted by Crippen LogP contribution is -2.71. The van der Waals surface area contributed by atoms with Gasteiger partial charge < -0.3 is 4.74 Å². The summed E-state index contributed by atoms with van der Waals surface area (Å²) >= 11 is 1.98. The van der Waals surface area contributed by atoms with Gasteiger partial charge in [-0.15, -0.1) is 0 Å². The van der Waals surface area contributed by atoms with Gasteiger partial charge in [0.15, 0.2) is 5.60 Å². The zero-order valence-electron chi connectivity index (χ0n) is 13.4. The Morgan fingerprint density at radius 1 is 1.22 bits per heavy atom. The fourth-order valence-corrected chi connectivity index (χ4v) is 6.74. The summed E-state index contributed by atoms with van der Waals surface area (Å²) < 4.78 is 6.23. The molecule has 0 N–H and O–H groups in total. The van der Waals surface area contributed by atoms with Crippen molar-refractivity contribution in [2.75, 3.05) is 24.6 Å². The molecule has 3 nitrogen and oxygen atoms in total. The van der Waals surface area contributed by atoms with Gasteiger partial charge in [0.1, 0.15) is 5.41 Å². The Kier molecular flexibility index (Phi) is 3.12. The molecule has 23 heavy (non-hydrogen) atoms. The van der Waals surface area contributed by atoms with E-state index < -0.39 is 5.41 Å². The molecule has 4 heteroatoms. The molecular formula is C19H23NO2S. The molecule has 5 rings (SSSR count). The molecule has 4 fully saturated rings. The van der Waals surface area contributed by atoms with Crippen molar-refractivity contribution < 1.29 is 9.53 Å². The van der Waals surface area contributed by atoms with Crippen LogP contribution in [0.15, 0.2) is 36.0 Å². The van der Waals surface area contributed by atoms with Gasteiger partial charge in [-0.2, -0.15) is 11.8 Å². The summed E-state index contributed by atoms with van der Waals surface area (Å²) in [7, 11) is 0. The maximum absolute atomic E-state index is 13.2. The molecule has 5 aliphatic rings. The van der Waals surface area contributed by atoms with Gasteiger partial charge >= 0.3 is 5.97 Å². The molecule has 4 saturated heterocycles. The SMILES string of the molecule is O=C1O[C@]2(CN3CCCC[C@H]32)C2=CC=CC=C[C@@]12C1CCSC1. The van der Waals surface area contributed by atoms with Gasteiger partial charge in [0.05, 0.1) is 6.04 Å². The van der Waals surface area contributed by atoms with E-state index in [9.17, 15) is 4.79 Å². The van der Waals surface area contributed by atoms with Gasteiger partial charge in [-0.05, 0) is 48.8 Å². The third kappa shape index (κ3) is 1.74. The van der Waals surface area contributed by atoms with E-state index in [1.165, 1.54) is 18.4 Å². The molecule has 1 spiro atoms. The number of ether oxygens (including phenoxy) is 1. The lowest BCUT2D eigenvalue weighted by molar-refractivity contribution is -0.181. The van der Waals surface area contributed by atoms with Crippen LogP contribution in [0, 0.1) is 11.3 Å². The summed E-state index contributed by atoms with van der Waals surface area (Å²) in [5.41, 5.74) is 0.413. The number of piperidine rings is 1. The average Bonchev–Trinajstić information content (AvgIpc) is 3.08. The van der Waals surface area contributed by atoms with E-state index in [0.717, 1.165) is 37.4 Å². The van der Waals surface area contributed by atoms with E-state index in [0.29, 0.717) is 12.0 Å². The van der Waals surface area contributed by atoms with Crippen LogP contribution in [0.25, 0.3) is 0 Å². The highest BCUT2D eigenvalue weighted by Crippen LogP contribution is 2.60. The van der Waals surface area contributed by atoms with E-state index >= 15 is 0 Å². The molecule has 0 amide bonds. The third-order valence-electron chi connectivity index (χ3n) is 6.52. The van der Waals surface area contributed by atoms with Gasteiger partial charge in [-0.3, -0.25) is 9.69 Å². The average molecular weight is 329 g/mol. The van der Waals surface area contributed by atoms with Crippen molar-refractivity contribution in [3.8, 4) is 0 Å². The lowest BCUT2D eigenvalue weighted by Gasteiger charge is -2.57. The van der Waals surface area contributed by atoms with Crippen molar-refractivity contribution in [1.29, 1.82) is 0 Å². The number of hydrogen-bond donors (Lipinski definition) is 0. The standard InChI is InChI=1S/C19H23NO2S/c21-17-18(14-8-11-23-12-14)9-4-1-2-6-15(18)19(22-17)13-20-10-5-3-7-16(19)20/h1-2,4,6,9,14,16H,3,5,7-8,10-13H2/t14?,16-,18-,19+/m0/s1. The first kappa shape index (κ1) is 14.4. The Balaban J connectivity index is 1.61. The van der Waals surface area contributed by atoms with Crippen LogP contribution < -0.4 is 0 Å². The summed E-state index contributed by atoms with van der Waals surface area (Å²) in [4.78, 5) is 15.7. The number of allylic oxidation sites excluding steroid dienone is 4. The van der Waals surface area contributed by atoms with Gasteiger partial charge in [-0.1, -0.05) is 36.8 Å². The first-order chi connectivity index (χ1) is 11.3. The van der Waals surface area contributed by atoms with Crippen molar-refractivity contribution in [3.05, 3.63) is 36.0 Å². The Morgan fingerprint density at radius 3 is 3.00 bits per heavy atom. The van der Waals surface area contributed by atoms with E-state index in [1.807, 2.05) is 11.8 Å². The van der Waals surface area contributed by atoms with E-state index in [-0.39, 0.29) is 11.6 Å². The summed E-state index contributed by atoms with van der Waals surface area (Å²) in [5, 5.41) is 0. The zero-order chi connectivity index (χ0) is 15.5. The van der Waals surface area contributed by atoms with E-state index in [2.05, 4.69) is 35.3 Å². The molecule has 122 valence electrons. The van der Waals surface area contributed by atoms with Gasteiger partial charge in [-0.25, -0.2) is 0 Å². The first-order valence-corrected chi connectivity index (χ1v) is 10.1. The van der Waals surface area contributed by atoms with Crippen molar-refractivity contribution >= 4 is 17.7 Å². The van der Waals surface area contributed by atoms with Crippen molar-refractivity contribution in [3.63, 3.8) is 0 Å². The normalized spacial score (nSPS) is 45.2. The quantitative estimate of drug-likeness (QED) is 0.692. The second-order valence-electron chi connectivity index (χ2n) is 7.51. The minimum absolute atomic E-state index is 0.0152. The monoisotopic (exact) mass is 329 g/mol. The molecule has 1 aliphatic carbocycles. The summed E-state index contributed by atoms with van der Waals surface area (Å²) in [6, 6.07) is 0.405. The van der Waals surface area contributed by atoms with Crippen LogP contribution >= 0.6 is 11.8 Å². The van der Waals surface area contributed by atoms with Crippen molar-refractivity contribution in [1.82, 2.24) is 4.90 Å². The van der Waals surface area contributed by atoms with Crippen LogP contribution in [0.2, 0.25) is 0 Å². The number of rotatable bonds is 1. The maximum Gasteiger partial charge on any atom is 0.321 e. The summed E-state index contributed by atoms with van der Waals surface area (Å²) in [6.07, 6.45) is 15.4. The number of esters is 1. The Labute approximate surface area is 141 Å². The topological polar surface area (TPSA) is 29.5 Å². The second-order valence-corrected chi connectivity index (χ2v) is 8.66. The first-order valence-electron chi connectivity index (χ1n) is 8.90. The summed E-state index contributed by atoms with van der Waals surface area (Å²) in [5.74, 6) is 2.64. The van der Waals surface area contributed by atoms with Gasteiger partial charge in [0.2, 0.25) is 0 Å². The fourth-order valence-electron chi connectivity index (χ4n) is 5.41. The molecule has 1 unspecified atom stereocenters. The largest absolute Gasteiger partial charge is 0.450 e. The van der Waals surface area contributed by atoms with Crippen LogP contribution in [0.4, 0.5) is 0 Å². The Bertz CT molecular complexity index is 633. The van der Waals surface area contributed by atoms with Gasteiger partial charge in [0.25, 0.3) is 0 Å². The predicted molar refractivity (Wildman–Crippen MR) is 92.3 cm³/mol. The fraction of sp³-hybridized carbons (Fsp3) is 0.632. The van der Waals surface area contributed by atoms with Crippen LogP contribution in [0.5, 0.6) is 0 Å². The van der Waals surface area contributed by atoms with E-state index in [1.54, 1.807) is 0 Å². The van der Waals surface area contributed by atoms with Crippen LogP contribution in [0.3, 0.4) is 0 Å². The number of carbonyl (C=O) groups excluding carboxylic acids is 1. The zero-order valence-corrected chi connectivity index (χ0v) is 14.2. The highest BCUT2D eigenvalue weighted by atomic mass is 32.2. The highest BCUT2D eigenvalue weighted by molar-refractivity contribution is 7.99. The third-order valence-corrected chi connectivity index (χ3v) is 7.68. The second kappa shape index (κ2) is 5.00. The summed E-state index contributed by atoms with van der Waals surface area (Å²) in [6.45, 7) is 2.06. The van der Waals surface area contributed by atoms with Crippen LogP contribution in [0.1, 0.15) is 25.7 Å². The Hall–Kier alpha value is -1.00. The molecule has 0 bridgehead atoms. The smallest absolute Gasteiger partial charge is 0.321 e. The molecular weight excluding hydrogens is 306 g/mol. The molecule has 0 radical (unpaired) electrons. The molecule has 4 atom stereocenters. The van der Waals surface area contributed by atoms with Crippen LogP contribution in [-0.2, 0) is 9.53 Å². The molecule has 0 aromatic carbocycles. The van der Waals surface area contributed by atoms with Crippen LogP contribution in [-0.4, -0.2) is 47.1 Å². The lowest BCUT2D eigenvalue weighted by atomic mass is 9.62. The molecule has 0 aromatic rings. The molecule has 4 aliphatic heterocycles. The van der Waals surface area contributed by atoms with Gasteiger partial charge in [0, 0.05) is 6.54 Å². The van der Waals surface area contributed by atoms with Crippen molar-refractivity contribution in [2.24, 2.45) is 11.3 Å². The number of nitrogens with zero attached hydrogens (tertiary/aromatic N) is 1.